The number of ether oxygens (including phenoxy) is 1. The van der Waals surface area contributed by atoms with Gasteiger partial charge in [-0.1, -0.05) is 57.6 Å². The molecule has 2 heteroatoms. The summed E-state index contributed by atoms with van der Waals surface area (Å²) in [4.78, 5) is 0. The highest BCUT2D eigenvalue weighted by Crippen LogP contribution is 2.38. The van der Waals surface area contributed by atoms with Crippen molar-refractivity contribution in [3.63, 3.8) is 0 Å². The lowest BCUT2D eigenvalue weighted by Crippen LogP contribution is -2.13. The van der Waals surface area contributed by atoms with Crippen molar-refractivity contribution in [3.8, 4) is 5.75 Å². The summed E-state index contributed by atoms with van der Waals surface area (Å²) in [6, 6.07) is 8.66. The molecule has 1 saturated carbocycles. The van der Waals surface area contributed by atoms with Gasteiger partial charge in [-0.3, -0.25) is 0 Å². The molecule has 24 heavy (non-hydrogen) atoms. The molecule has 0 saturated heterocycles. The zero-order chi connectivity index (χ0) is 17.0. The molecule has 0 amide bonds. The minimum absolute atomic E-state index is 0.194. The molecule has 2 rings (SSSR count). The van der Waals surface area contributed by atoms with E-state index in [0.717, 1.165) is 17.6 Å². The predicted molar refractivity (Wildman–Crippen MR) is 102 cm³/mol. The highest BCUT2D eigenvalue weighted by molar-refractivity contribution is 5.29. The summed E-state index contributed by atoms with van der Waals surface area (Å²) in [7, 11) is 0. The summed E-state index contributed by atoms with van der Waals surface area (Å²) in [6.07, 6.45) is 14.7. The topological polar surface area (TPSA) is 29.5 Å². The number of rotatable bonds is 11. The van der Waals surface area contributed by atoms with Gasteiger partial charge >= 0.3 is 0 Å². The molecule has 1 N–H and O–H groups in total. The van der Waals surface area contributed by atoms with E-state index in [1.54, 1.807) is 0 Å². The average molecular weight is 333 g/mol. The van der Waals surface area contributed by atoms with Gasteiger partial charge in [0.2, 0.25) is 0 Å². The van der Waals surface area contributed by atoms with E-state index in [-0.39, 0.29) is 6.61 Å². The van der Waals surface area contributed by atoms with Crippen molar-refractivity contribution >= 4 is 0 Å². The van der Waals surface area contributed by atoms with E-state index in [9.17, 15) is 0 Å². The standard InChI is InChI=1S/C22H36O2/c1-2-3-4-5-6-8-19-9-11-20(12-10-19)21-13-15-22(16-14-21)24-18-7-17-23/h13-16,19-20,23H,2-12,17-18H2,1H3. The maximum Gasteiger partial charge on any atom is 0.119 e. The molecule has 1 aromatic carbocycles. The second-order valence-electron chi connectivity index (χ2n) is 7.42. The van der Waals surface area contributed by atoms with Gasteiger partial charge in [0.05, 0.1) is 6.61 Å². The van der Waals surface area contributed by atoms with Crippen molar-refractivity contribution in [2.75, 3.05) is 13.2 Å². The molecule has 1 fully saturated rings. The summed E-state index contributed by atoms with van der Waals surface area (Å²) in [5, 5.41) is 8.79. The van der Waals surface area contributed by atoms with Crippen molar-refractivity contribution < 1.29 is 9.84 Å². The van der Waals surface area contributed by atoms with Gasteiger partial charge in [0.25, 0.3) is 0 Å². The number of hydrogen-bond donors (Lipinski definition) is 1. The monoisotopic (exact) mass is 332 g/mol. The van der Waals surface area contributed by atoms with E-state index in [2.05, 4.69) is 31.2 Å². The summed E-state index contributed by atoms with van der Waals surface area (Å²) >= 11 is 0. The van der Waals surface area contributed by atoms with Crippen LogP contribution in [-0.2, 0) is 0 Å². The van der Waals surface area contributed by atoms with Crippen molar-refractivity contribution in [3.05, 3.63) is 29.8 Å². The van der Waals surface area contributed by atoms with E-state index < -0.39 is 0 Å². The molecule has 136 valence electrons. The molecule has 0 atom stereocenters. The van der Waals surface area contributed by atoms with Crippen LogP contribution in [0.1, 0.15) is 89.0 Å². The first-order valence-corrected chi connectivity index (χ1v) is 10.2. The van der Waals surface area contributed by atoms with Gasteiger partial charge in [-0.05, 0) is 55.2 Å². The summed E-state index contributed by atoms with van der Waals surface area (Å²) in [6.45, 7) is 3.08. The van der Waals surface area contributed by atoms with Gasteiger partial charge < -0.3 is 9.84 Å². The molecule has 0 heterocycles. The third-order valence-corrected chi connectivity index (χ3v) is 5.49. The van der Waals surface area contributed by atoms with E-state index in [1.165, 1.54) is 69.8 Å². The molecular weight excluding hydrogens is 296 g/mol. The number of aliphatic hydroxyl groups is 1. The van der Waals surface area contributed by atoms with Crippen molar-refractivity contribution in [1.29, 1.82) is 0 Å². The lowest BCUT2D eigenvalue weighted by atomic mass is 9.77. The maximum absolute atomic E-state index is 8.79. The Morgan fingerprint density at radius 1 is 0.917 bits per heavy atom. The fourth-order valence-corrected chi connectivity index (χ4v) is 3.91. The van der Waals surface area contributed by atoms with Gasteiger partial charge in [-0.25, -0.2) is 0 Å². The normalized spacial score (nSPS) is 20.9. The second-order valence-corrected chi connectivity index (χ2v) is 7.42. The molecule has 0 aliphatic heterocycles. The first kappa shape index (κ1) is 19.3. The zero-order valence-corrected chi connectivity index (χ0v) is 15.5. The molecule has 0 bridgehead atoms. The Bertz CT molecular complexity index is 418. The summed E-state index contributed by atoms with van der Waals surface area (Å²) in [5.41, 5.74) is 1.48. The van der Waals surface area contributed by atoms with Crippen LogP contribution in [0.2, 0.25) is 0 Å². The quantitative estimate of drug-likeness (QED) is 0.497. The predicted octanol–water partition coefficient (Wildman–Crippen LogP) is 6.08. The number of hydrogen-bond acceptors (Lipinski definition) is 2. The highest BCUT2D eigenvalue weighted by Gasteiger charge is 2.22. The molecule has 0 spiro atoms. The van der Waals surface area contributed by atoms with Gasteiger partial charge in [-0.2, -0.15) is 0 Å². The molecule has 0 unspecified atom stereocenters. The van der Waals surface area contributed by atoms with Crippen LogP contribution >= 0.6 is 0 Å². The fourth-order valence-electron chi connectivity index (χ4n) is 3.91. The lowest BCUT2D eigenvalue weighted by Gasteiger charge is -2.29. The SMILES string of the molecule is CCCCCCCC1CCC(c2ccc(OCCCO)cc2)CC1. The average Bonchev–Trinajstić information content (AvgIpc) is 2.63. The molecule has 2 nitrogen and oxygen atoms in total. The minimum Gasteiger partial charge on any atom is -0.494 e. The number of benzene rings is 1. The van der Waals surface area contributed by atoms with E-state index in [0.29, 0.717) is 13.0 Å². The Hall–Kier alpha value is -1.02. The van der Waals surface area contributed by atoms with Crippen LogP contribution in [0, 0.1) is 5.92 Å². The second kappa shape index (κ2) is 11.5. The van der Waals surface area contributed by atoms with Crippen LogP contribution in [-0.4, -0.2) is 18.3 Å². The fraction of sp³-hybridized carbons (Fsp3) is 0.727. The van der Waals surface area contributed by atoms with E-state index in [4.69, 9.17) is 9.84 Å². The van der Waals surface area contributed by atoms with Crippen LogP contribution in [0.15, 0.2) is 24.3 Å². The third kappa shape index (κ3) is 6.84. The van der Waals surface area contributed by atoms with Crippen molar-refractivity contribution in [2.24, 2.45) is 5.92 Å². The van der Waals surface area contributed by atoms with Gasteiger partial charge in [0.1, 0.15) is 5.75 Å². The Kier molecular flexibility index (Phi) is 9.27. The van der Waals surface area contributed by atoms with Gasteiger partial charge in [-0.15, -0.1) is 0 Å². The van der Waals surface area contributed by atoms with Crippen LogP contribution in [0.25, 0.3) is 0 Å². The Morgan fingerprint density at radius 2 is 1.62 bits per heavy atom. The van der Waals surface area contributed by atoms with Crippen LogP contribution in [0.5, 0.6) is 5.75 Å². The van der Waals surface area contributed by atoms with E-state index >= 15 is 0 Å². The Balaban J connectivity index is 1.66. The largest absolute Gasteiger partial charge is 0.494 e. The highest BCUT2D eigenvalue weighted by atomic mass is 16.5. The smallest absolute Gasteiger partial charge is 0.119 e. The van der Waals surface area contributed by atoms with Crippen LogP contribution in [0.3, 0.4) is 0 Å². The first-order chi connectivity index (χ1) is 11.8. The Labute approximate surface area is 148 Å². The third-order valence-electron chi connectivity index (χ3n) is 5.49. The molecular formula is C22H36O2. The minimum atomic E-state index is 0.194. The summed E-state index contributed by atoms with van der Waals surface area (Å²) in [5.74, 6) is 2.64. The number of unbranched alkanes of at least 4 members (excludes halogenated alkanes) is 4. The van der Waals surface area contributed by atoms with Gasteiger partial charge in [0.15, 0.2) is 0 Å². The first-order valence-electron chi connectivity index (χ1n) is 10.2. The molecule has 0 radical (unpaired) electrons. The van der Waals surface area contributed by atoms with Crippen molar-refractivity contribution in [2.45, 2.75) is 83.5 Å². The Morgan fingerprint density at radius 3 is 2.29 bits per heavy atom. The molecule has 1 aliphatic carbocycles. The molecule has 1 aliphatic rings. The number of aliphatic hydroxyl groups excluding tert-OH is 1. The van der Waals surface area contributed by atoms with Crippen molar-refractivity contribution in [1.82, 2.24) is 0 Å². The van der Waals surface area contributed by atoms with Crippen LogP contribution in [0.4, 0.5) is 0 Å². The molecule has 0 aromatic heterocycles. The van der Waals surface area contributed by atoms with Gasteiger partial charge in [0, 0.05) is 13.0 Å². The molecule has 1 aromatic rings. The zero-order valence-electron chi connectivity index (χ0n) is 15.5. The van der Waals surface area contributed by atoms with Crippen LogP contribution < -0.4 is 4.74 Å². The summed E-state index contributed by atoms with van der Waals surface area (Å²) < 4.78 is 5.62. The van der Waals surface area contributed by atoms with E-state index in [1.807, 2.05) is 0 Å². The maximum atomic E-state index is 8.79. The lowest BCUT2D eigenvalue weighted by molar-refractivity contribution is 0.233.